The summed E-state index contributed by atoms with van der Waals surface area (Å²) in [5.74, 6) is 0. The van der Waals surface area contributed by atoms with Gasteiger partial charge in [-0.2, -0.15) is 0 Å². The fourth-order valence-corrected chi connectivity index (χ4v) is 4.08. The van der Waals surface area contributed by atoms with Crippen LogP contribution >= 0.6 is 31.9 Å². The van der Waals surface area contributed by atoms with E-state index in [0.29, 0.717) is 10.2 Å². The van der Waals surface area contributed by atoms with Crippen LogP contribution in [0.5, 0.6) is 0 Å². The Morgan fingerprint density at radius 1 is 1.10 bits per heavy atom. The standard InChI is InChI=1S/C14H14Br2N2O2S/c1-9(17)10-2-5-12(6-3-10)21(19,20)18-14-7-4-11(15)8-13(14)16/h2-9,18H,17H2,1H3. The highest BCUT2D eigenvalue weighted by Gasteiger charge is 2.16. The highest BCUT2D eigenvalue weighted by Crippen LogP contribution is 2.28. The Hall–Kier alpha value is -0.890. The highest BCUT2D eigenvalue weighted by atomic mass is 79.9. The number of nitrogens with two attached hydrogens (primary N) is 1. The van der Waals surface area contributed by atoms with Crippen molar-refractivity contribution in [3.63, 3.8) is 0 Å². The van der Waals surface area contributed by atoms with Crippen molar-refractivity contribution >= 4 is 47.6 Å². The van der Waals surface area contributed by atoms with Crippen LogP contribution in [0.15, 0.2) is 56.3 Å². The fourth-order valence-electron chi connectivity index (χ4n) is 1.73. The van der Waals surface area contributed by atoms with Crippen LogP contribution in [-0.4, -0.2) is 8.42 Å². The molecule has 0 spiro atoms. The van der Waals surface area contributed by atoms with Crippen LogP contribution in [0, 0.1) is 0 Å². The molecular weight excluding hydrogens is 420 g/mol. The molecule has 0 bridgehead atoms. The number of hydrogen-bond donors (Lipinski definition) is 2. The molecule has 2 aromatic rings. The summed E-state index contributed by atoms with van der Waals surface area (Å²) in [6.45, 7) is 1.85. The number of halogens is 2. The summed E-state index contributed by atoms with van der Waals surface area (Å²) < 4.78 is 28.8. The van der Waals surface area contributed by atoms with Crippen molar-refractivity contribution in [3.8, 4) is 0 Å². The molecule has 4 nitrogen and oxygen atoms in total. The zero-order valence-corrected chi connectivity index (χ0v) is 15.2. The summed E-state index contributed by atoms with van der Waals surface area (Å²) in [5.41, 5.74) is 7.12. The molecule has 3 N–H and O–H groups in total. The van der Waals surface area contributed by atoms with Gasteiger partial charge in [-0.3, -0.25) is 4.72 Å². The van der Waals surface area contributed by atoms with E-state index in [1.807, 2.05) is 6.92 Å². The number of anilines is 1. The normalized spacial score (nSPS) is 13.0. The van der Waals surface area contributed by atoms with E-state index in [2.05, 4.69) is 36.6 Å². The average Bonchev–Trinajstić information content (AvgIpc) is 2.42. The van der Waals surface area contributed by atoms with Gasteiger partial charge >= 0.3 is 0 Å². The number of sulfonamides is 1. The minimum atomic E-state index is -3.63. The van der Waals surface area contributed by atoms with E-state index in [0.717, 1.165) is 10.0 Å². The van der Waals surface area contributed by atoms with Crippen molar-refractivity contribution in [1.82, 2.24) is 0 Å². The van der Waals surface area contributed by atoms with Gasteiger partial charge in [0.15, 0.2) is 0 Å². The number of hydrogen-bond acceptors (Lipinski definition) is 3. The second kappa shape index (κ2) is 6.48. The lowest BCUT2D eigenvalue weighted by molar-refractivity contribution is 0.601. The lowest BCUT2D eigenvalue weighted by Gasteiger charge is -2.11. The molecular formula is C14H14Br2N2O2S. The Morgan fingerprint density at radius 2 is 1.71 bits per heavy atom. The molecule has 112 valence electrons. The van der Waals surface area contributed by atoms with Crippen molar-refractivity contribution in [2.45, 2.75) is 17.9 Å². The predicted molar refractivity (Wildman–Crippen MR) is 91.7 cm³/mol. The summed E-state index contributed by atoms with van der Waals surface area (Å²) in [7, 11) is -3.63. The first-order valence-electron chi connectivity index (χ1n) is 6.13. The van der Waals surface area contributed by atoms with Crippen LogP contribution < -0.4 is 10.5 Å². The van der Waals surface area contributed by atoms with Gasteiger partial charge in [0.2, 0.25) is 0 Å². The van der Waals surface area contributed by atoms with Gasteiger partial charge in [0.1, 0.15) is 0 Å². The summed E-state index contributed by atoms with van der Waals surface area (Å²) >= 11 is 6.65. The third kappa shape index (κ3) is 4.06. The van der Waals surface area contributed by atoms with Crippen molar-refractivity contribution in [3.05, 3.63) is 57.0 Å². The summed E-state index contributed by atoms with van der Waals surface area (Å²) in [6, 6.07) is 11.6. The van der Waals surface area contributed by atoms with Gasteiger partial charge < -0.3 is 5.73 Å². The molecule has 21 heavy (non-hydrogen) atoms. The molecule has 0 aromatic heterocycles. The summed E-state index contributed by atoms with van der Waals surface area (Å²) in [4.78, 5) is 0.196. The molecule has 1 atom stereocenters. The zero-order valence-electron chi connectivity index (χ0n) is 11.2. The fraction of sp³-hybridized carbons (Fsp3) is 0.143. The average molecular weight is 434 g/mol. The van der Waals surface area contributed by atoms with Crippen LogP contribution in [-0.2, 0) is 10.0 Å². The van der Waals surface area contributed by atoms with Crippen LogP contribution in [0.1, 0.15) is 18.5 Å². The lowest BCUT2D eigenvalue weighted by atomic mass is 10.1. The van der Waals surface area contributed by atoms with Crippen molar-refractivity contribution in [2.24, 2.45) is 5.73 Å². The Balaban J connectivity index is 2.29. The highest BCUT2D eigenvalue weighted by molar-refractivity contribution is 9.11. The molecule has 0 saturated carbocycles. The molecule has 0 radical (unpaired) electrons. The van der Waals surface area contributed by atoms with E-state index in [9.17, 15) is 8.42 Å². The molecule has 0 saturated heterocycles. The van der Waals surface area contributed by atoms with Gasteiger partial charge in [-0.1, -0.05) is 28.1 Å². The largest absolute Gasteiger partial charge is 0.324 e. The first kappa shape index (κ1) is 16.5. The van der Waals surface area contributed by atoms with Crippen molar-refractivity contribution < 1.29 is 8.42 Å². The third-order valence-electron chi connectivity index (χ3n) is 2.89. The minimum absolute atomic E-state index is 0.129. The lowest BCUT2D eigenvalue weighted by Crippen LogP contribution is -2.13. The molecule has 0 heterocycles. The molecule has 2 rings (SSSR count). The number of benzene rings is 2. The van der Waals surface area contributed by atoms with Gasteiger partial charge in [0, 0.05) is 15.0 Å². The van der Waals surface area contributed by atoms with Gasteiger partial charge in [0.05, 0.1) is 10.6 Å². The monoisotopic (exact) mass is 432 g/mol. The molecule has 0 aliphatic rings. The topological polar surface area (TPSA) is 72.2 Å². The first-order chi connectivity index (χ1) is 9.79. The summed E-state index contributed by atoms with van der Waals surface area (Å²) in [6.07, 6.45) is 0. The molecule has 2 aromatic carbocycles. The Kier molecular flexibility index (Phi) is 5.08. The van der Waals surface area contributed by atoms with Crippen LogP contribution in [0.4, 0.5) is 5.69 Å². The van der Waals surface area contributed by atoms with Crippen molar-refractivity contribution in [1.29, 1.82) is 0 Å². The Labute approximate surface area is 141 Å². The predicted octanol–water partition coefficient (Wildman–Crippen LogP) is 4.03. The minimum Gasteiger partial charge on any atom is -0.324 e. The van der Waals surface area contributed by atoms with Gasteiger partial charge in [-0.25, -0.2) is 8.42 Å². The maximum absolute atomic E-state index is 12.3. The first-order valence-corrected chi connectivity index (χ1v) is 9.20. The molecule has 0 aliphatic carbocycles. The van der Waals surface area contributed by atoms with Gasteiger partial charge in [-0.05, 0) is 58.7 Å². The summed E-state index contributed by atoms with van der Waals surface area (Å²) in [5, 5.41) is 0. The van der Waals surface area contributed by atoms with E-state index in [-0.39, 0.29) is 10.9 Å². The Morgan fingerprint density at radius 3 is 2.24 bits per heavy atom. The SMILES string of the molecule is CC(N)c1ccc(S(=O)(=O)Nc2ccc(Br)cc2Br)cc1. The van der Waals surface area contributed by atoms with Crippen molar-refractivity contribution in [2.75, 3.05) is 4.72 Å². The maximum atomic E-state index is 12.3. The molecule has 0 fully saturated rings. The van der Waals surface area contributed by atoms with E-state index in [1.54, 1.807) is 42.5 Å². The third-order valence-corrected chi connectivity index (χ3v) is 5.42. The van der Waals surface area contributed by atoms with E-state index in [1.165, 1.54) is 0 Å². The quantitative estimate of drug-likeness (QED) is 0.764. The van der Waals surface area contributed by atoms with E-state index < -0.39 is 10.0 Å². The molecule has 0 aliphatic heterocycles. The number of rotatable bonds is 4. The second-order valence-electron chi connectivity index (χ2n) is 4.59. The van der Waals surface area contributed by atoms with E-state index in [4.69, 9.17) is 5.73 Å². The molecule has 0 amide bonds. The second-order valence-corrected chi connectivity index (χ2v) is 8.04. The zero-order chi connectivity index (χ0) is 15.6. The van der Waals surface area contributed by atoms with Crippen LogP contribution in [0.3, 0.4) is 0 Å². The van der Waals surface area contributed by atoms with Crippen LogP contribution in [0.2, 0.25) is 0 Å². The molecule has 1 unspecified atom stereocenters. The maximum Gasteiger partial charge on any atom is 0.261 e. The van der Waals surface area contributed by atoms with E-state index >= 15 is 0 Å². The van der Waals surface area contributed by atoms with Gasteiger partial charge in [-0.15, -0.1) is 0 Å². The smallest absolute Gasteiger partial charge is 0.261 e. The van der Waals surface area contributed by atoms with Crippen LogP contribution in [0.25, 0.3) is 0 Å². The number of nitrogens with one attached hydrogen (secondary N) is 1. The molecule has 7 heteroatoms. The van der Waals surface area contributed by atoms with Gasteiger partial charge in [0.25, 0.3) is 10.0 Å². The Bertz CT molecular complexity index is 744.